The van der Waals surface area contributed by atoms with Crippen molar-refractivity contribution in [2.45, 2.75) is 18.4 Å². The van der Waals surface area contributed by atoms with Gasteiger partial charge in [-0.15, -0.1) is 0 Å². The Bertz CT molecular complexity index is 776. The highest BCUT2D eigenvalue weighted by Gasteiger charge is 2.16. The SMILES string of the molecule is Cc1c(OCc2cccc(Br)c2)cc(N)cc1S(N)(=O)=O. The first-order valence-electron chi connectivity index (χ1n) is 6.07. The van der Waals surface area contributed by atoms with Gasteiger partial charge in [0.05, 0.1) is 4.90 Å². The van der Waals surface area contributed by atoms with Gasteiger partial charge in [0.2, 0.25) is 10.0 Å². The Kier molecular flexibility index (Phi) is 4.55. The second kappa shape index (κ2) is 6.05. The van der Waals surface area contributed by atoms with Crippen LogP contribution in [0, 0.1) is 6.92 Å². The summed E-state index contributed by atoms with van der Waals surface area (Å²) in [5.41, 5.74) is 7.39. The van der Waals surface area contributed by atoms with E-state index in [1.165, 1.54) is 6.07 Å². The number of benzene rings is 2. The van der Waals surface area contributed by atoms with Crippen LogP contribution in [0.1, 0.15) is 11.1 Å². The first-order chi connectivity index (χ1) is 9.77. The molecule has 0 aliphatic heterocycles. The number of sulfonamides is 1. The van der Waals surface area contributed by atoms with E-state index in [0.717, 1.165) is 10.0 Å². The van der Waals surface area contributed by atoms with Gasteiger partial charge >= 0.3 is 0 Å². The summed E-state index contributed by atoms with van der Waals surface area (Å²) in [6.07, 6.45) is 0. The molecule has 2 aromatic carbocycles. The largest absolute Gasteiger partial charge is 0.489 e. The van der Waals surface area contributed by atoms with Gasteiger partial charge in [-0.05, 0) is 30.7 Å². The van der Waals surface area contributed by atoms with Crippen LogP contribution in [0.15, 0.2) is 45.8 Å². The zero-order chi connectivity index (χ0) is 15.6. The topological polar surface area (TPSA) is 95.4 Å². The fourth-order valence-corrected chi connectivity index (χ4v) is 3.19. The van der Waals surface area contributed by atoms with Crippen LogP contribution in [0.25, 0.3) is 0 Å². The van der Waals surface area contributed by atoms with E-state index in [0.29, 0.717) is 17.9 Å². The van der Waals surface area contributed by atoms with Crippen molar-refractivity contribution in [3.05, 3.63) is 52.0 Å². The monoisotopic (exact) mass is 370 g/mol. The molecule has 0 spiro atoms. The summed E-state index contributed by atoms with van der Waals surface area (Å²) in [6.45, 7) is 1.93. The quantitative estimate of drug-likeness (QED) is 0.808. The lowest BCUT2D eigenvalue weighted by Gasteiger charge is -2.13. The van der Waals surface area contributed by atoms with Crippen molar-refractivity contribution in [1.82, 2.24) is 0 Å². The summed E-state index contributed by atoms with van der Waals surface area (Å²) < 4.78 is 29.7. The van der Waals surface area contributed by atoms with Crippen LogP contribution in [0.3, 0.4) is 0 Å². The molecule has 0 radical (unpaired) electrons. The van der Waals surface area contributed by atoms with Gasteiger partial charge < -0.3 is 10.5 Å². The van der Waals surface area contributed by atoms with Crippen molar-refractivity contribution >= 4 is 31.6 Å². The minimum atomic E-state index is -3.84. The Labute approximate surface area is 132 Å². The van der Waals surface area contributed by atoms with Crippen LogP contribution < -0.4 is 15.6 Å². The number of halogens is 1. The highest BCUT2D eigenvalue weighted by molar-refractivity contribution is 9.10. The summed E-state index contributed by atoms with van der Waals surface area (Å²) in [6, 6.07) is 10.5. The van der Waals surface area contributed by atoms with Crippen LogP contribution >= 0.6 is 15.9 Å². The van der Waals surface area contributed by atoms with Crippen LogP contribution in [0.5, 0.6) is 5.75 Å². The molecule has 0 aliphatic rings. The van der Waals surface area contributed by atoms with Crippen LogP contribution in [0.4, 0.5) is 5.69 Å². The maximum absolute atomic E-state index is 11.5. The number of hydrogen-bond acceptors (Lipinski definition) is 4. The highest BCUT2D eigenvalue weighted by Crippen LogP contribution is 2.28. The molecule has 2 rings (SSSR count). The average Bonchev–Trinajstić information content (AvgIpc) is 2.38. The zero-order valence-corrected chi connectivity index (χ0v) is 13.7. The number of hydrogen-bond donors (Lipinski definition) is 2. The Morgan fingerprint density at radius 1 is 1.24 bits per heavy atom. The van der Waals surface area contributed by atoms with E-state index in [9.17, 15) is 8.42 Å². The van der Waals surface area contributed by atoms with E-state index >= 15 is 0 Å². The van der Waals surface area contributed by atoms with Gasteiger partial charge in [0.1, 0.15) is 12.4 Å². The number of anilines is 1. The van der Waals surface area contributed by atoms with Gasteiger partial charge in [0.25, 0.3) is 0 Å². The lowest BCUT2D eigenvalue weighted by molar-refractivity contribution is 0.303. The third-order valence-electron chi connectivity index (χ3n) is 2.92. The maximum atomic E-state index is 11.5. The van der Waals surface area contributed by atoms with Crippen molar-refractivity contribution in [2.75, 3.05) is 5.73 Å². The molecule has 21 heavy (non-hydrogen) atoms. The number of rotatable bonds is 4. The second-order valence-electron chi connectivity index (χ2n) is 4.61. The molecular weight excluding hydrogens is 356 g/mol. The first-order valence-corrected chi connectivity index (χ1v) is 8.41. The summed E-state index contributed by atoms with van der Waals surface area (Å²) in [5.74, 6) is 0.402. The van der Waals surface area contributed by atoms with Crippen molar-refractivity contribution < 1.29 is 13.2 Å². The van der Waals surface area contributed by atoms with Gasteiger partial charge in [0, 0.05) is 21.8 Å². The van der Waals surface area contributed by atoms with Crippen LogP contribution in [-0.4, -0.2) is 8.42 Å². The van der Waals surface area contributed by atoms with E-state index in [-0.39, 0.29) is 10.6 Å². The van der Waals surface area contributed by atoms with Gasteiger partial charge in [-0.25, -0.2) is 13.6 Å². The predicted molar refractivity (Wildman–Crippen MR) is 85.4 cm³/mol. The minimum Gasteiger partial charge on any atom is -0.489 e. The molecule has 0 bridgehead atoms. The van der Waals surface area contributed by atoms with E-state index in [2.05, 4.69) is 15.9 Å². The Balaban J connectivity index is 2.31. The van der Waals surface area contributed by atoms with E-state index in [1.807, 2.05) is 24.3 Å². The van der Waals surface area contributed by atoms with E-state index in [4.69, 9.17) is 15.6 Å². The molecule has 4 N–H and O–H groups in total. The Morgan fingerprint density at radius 2 is 1.95 bits per heavy atom. The molecule has 0 unspecified atom stereocenters. The molecule has 112 valence electrons. The molecule has 0 heterocycles. The summed E-state index contributed by atoms with van der Waals surface area (Å²) in [5, 5.41) is 5.18. The fraction of sp³-hybridized carbons (Fsp3) is 0.143. The number of ether oxygens (including phenoxy) is 1. The van der Waals surface area contributed by atoms with Crippen molar-refractivity contribution in [3.8, 4) is 5.75 Å². The van der Waals surface area contributed by atoms with Crippen LogP contribution in [0.2, 0.25) is 0 Å². The molecule has 0 saturated heterocycles. The van der Waals surface area contributed by atoms with Gasteiger partial charge in [0.15, 0.2) is 0 Å². The lowest BCUT2D eigenvalue weighted by Crippen LogP contribution is -2.14. The molecule has 5 nitrogen and oxygen atoms in total. The molecule has 0 fully saturated rings. The van der Waals surface area contributed by atoms with Gasteiger partial charge in [-0.2, -0.15) is 0 Å². The van der Waals surface area contributed by atoms with Crippen molar-refractivity contribution in [3.63, 3.8) is 0 Å². The summed E-state index contributed by atoms with van der Waals surface area (Å²) in [7, 11) is -3.84. The van der Waals surface area contributed by atoms with E-state index in [1.54, 1.807) is 13.0 Å². The molecule has 0 atom stereocenters. The third kappa shape index (κ3) is 3.96. The Hall–Kier alpha value is -1.57. The van der Waals surface area contributed by atoms with Crippen LogP contribution in [-0.2, 0) is 16.6 Å². The molecule has 7 heteroatoms. The lowest BCUT2D eigenvalue weighted by atomic mass is 10.2. The minimum absolute atomic E-state index is 0.0215. The molecule has 2 aromatic rings. The Morgan fingerprint density at radius 3 is 2.57 bits per heavy atom. The smallest absolute Gasteiger partial charge is 0.238 e. The molecule has 0 aliphatic carbocycles. The molecule has 0 aromatic heterocycles. The maximum Gasteiger partial charge on any atom is 0.238 e. The van der Waals surface area contributed by atoms with Gasteiger partial charge in [-0.3, -0.25) is 0 Å². The normalized spacial score (nSPS) is 11.4. The summed E-state index contributed by atoms with van der Waals surface area (Å²) in [4.78, 5) is -0.0215. The predicted octanol–water partition coefficient (Wildman–Crippen LogP) is 2.57. The first kappa shape index (κ1) is 15.8. The third-order valence-corrected chi connectivity index (χ3v) is 4.45. The van der Waals surface area contributed by atoms with Gasteiger partial charge in [-0.1, -0.05) is 28.1 Å². The molecule has 0 saturated carbocycles. The van der Waals surface area contributed by atoms with Crippen molar-refractivity contribution in [1.29, 1.82) is 0 Å². The number of nitrogens with two attached hydrogens (primary N) is 2. The number of primary sulfonamides is 1. The fourth-order valence-electron chi connectivity index (χ4n) is 1.92. The average molecular weight is 371 g/mol. The molecule has 0 amide bonds. The highest BCUT2D eigenvalue weighted by atomic mass is 79.9. The zero-order valence-electron chi connectivity index (χ0n) is 11.3. The standard InChI is InChI=1S/C14H15BrN2O3S/c1-9-13(6-12(16)7-14(9)21(17,18)19)20-8-10-3-2-4-11(15)5-10/h2-7H,8,16H2,1H3,(H2,17,18,19). The number of nitrogen functional groups attached to an aromatic ring is 1. The summed E-state index contributed by atoms with van der Waals surface area (Å²) >= 11 is 3.38. The van der Waals surface area contributed by atoms with Crippen molar-refractivity contribution in [2.24, 2.45) is 5.14 Å². The second-order valence-corrected chi connectivity index (χ2v) is 7.05. The van der Waals surface area contributed by atoms with E-state index < -0.39 is 10.0 Å². The molecular formula is C14H15BrN2O3S.